The van der Waals surface area contributed by atoms with Gasteiger partial charge in [-0.1, -0.05) is 0 Å². The second kappa shape index (κ2) is 6.38. The smallest absolute Gasteiger partial charge is 0.328 e. The lowest BCUT2D eigenvalue weighted by molar-refractivity contribution is -0.141. The van der Waals surface area contributed by atoms with E-state index in [9.17, 15) is 9.90 Å². The van der Waals surface area contributed by atoms with Gasteiger partial charge in [0.05, 0.1) is 0 Å². The Morgan fingerprint density at radius 3 is 2.75 bits per heavy atom. The molecule has 1 atom stereocenters. The largest absolute Gasteiger partial charge is 0.480 e. The molecule has 0 aliphatic carbocycles. The van der Waals surface area contributed by atoms with Crippen molar-refractivity contribution in [1.29, 1.82) is 0 Å². The monoisotopic (exact) mass is 293 g/mol. The molecule has 7 nitrogen and oxygen atoms in total. The Morgan fingerprint density at radius 2 is 2.15 bits per heavy atom. The van der Waals surface area contributed by atoms with Gasteiger partial charge in [0.2, 0.25) is 0 Å². The molecule has 0 aliphatic rings. The Kier molecular flexibility index (Phi) is 4.57. The van der Waals surface area contributed by atoms with Crippen molar-refractivity contribution in [2.45, 2.75) is 12.5 Å². The molecule has 2 rings (SSSR count). The zero-order valence-electron chi connectivity index (χ0n) is 10.9. The first-order chi connectivity index (χ1) is 9.63. The number of carboxylic acid groups (broad SMARTS) is 1. The Morgan fingerprint density at radius 1 is 1.45 bits per heavy atom. The van der Waals surface area contributed by atoms with E-state index in [0.29, 0.717) is 17.9 Å². The number of nitrogen functional groups attached to an aromatic ring is 1. The van der Waals surface area contributed by atoms with Gasteiger partial charge in [-0.2, -0.15) is 11.8 Å². The van der Waals surface area contributed by atoms with E-state index >= 15 is 0 Å². The van der Waals surface area contributed by atoms with E-state index in [4.69, 9.17) is 5.73 Å². The van der Waals surface area contributed by atoms with Crippen LogP contribution in [0.5, 0.6) is 0 Å². The van der Waals surface area contributed by atoms with Crippen LogP contribution in [0.1, 0.15) is 12.5 Å². The first kappa shape index (κ1) is 14.3. The van der Waals surface area contributed by atoms with Crippen LogP contribution in [0.3, 0.4) is 0 Å². The molecule has 0 spiro atoms. The molecular weight excluding hydrogens is 278 g/mol. The summed E-state index contributed by atoms with van der Waals surface area (Å²) in [6, 6.07) is 6.22. The van der Waals surface area contributed by atoms with Gasteiger partial charge in [-0.3, -0.25) is 0 Å². The maximum absolute atomic E-state index is 11.4. The fraction of sp³-hybridized carbons (Fsp3) is 0.333. The van der Waals surface area contributed by atoms with Crippen molar-refractivity contribution in [3.8, 4) is 11.4 Å². The summed E-state index contributed by atoms with van der Waals surface area (Å²) in [4.78, 5) is 11.4. The molecule has 1 heterocycles. The first-order valence-corrected chi connectivity index (χ1v) is 7.38. The van der Waals surface area contributed by atoms with E-state index in [2.05, 4.69) is 15.5 Å². The Labute approximate surface area is 120 Å². The number of nitrogens with zero attached hydrogens (tertiary/aromatic N) is 4. The highest BCUT2D eigenvalue weighted by atomic mass is 32.2. The van der Waals surface area contributed by atoms with Gasteiger partial charge in [0, 0.05) is 11.3 Å². The average molecular weight is 293 g/mol. The molecule has 2 aromatic rings. The third-order valence-electron chi connectivity index (χ3n) is 2.84. The number of hydrogen-bond acceptors (Lipinski definition) is 6. The molecule has 0 bridgehead atoms. The molecule has 1 unspecified atom stereocenters. The van der Waals surface area contributed by atoms with Gasteiger partial charge < -0.3 is 10.8 Å². The van der Waals surface area contributed by atoms with E-state index in [-0.39, 0.29) is 0 Å². The van der Waals surface area contributed by atoms with E-state index in [0.717, 1.165) is 11.3 Å². The van der Waals surface area contributed by atoms with Gasteiger partial charge in [0.25, 0.3) is 0 Å². The zero-order valence-corrected chi connectivity index (χ0v) is 11.7. The van der Waals surface area contributed by atoms with Gasteiger partial charge in [-0.25, -0.2) is 9.48 Å². The molecule has 0 aliphatic heterocycles. The second-order valence-electron chi connectivity index (χ2n) is 4.20. The third-order valence-corrected chi connectivity index (χ3v) is 3.48. The number of aliphatic carboxylic acids is 1. The number of tetrazole rings is 1. The third kappa shape index (κ3) is 3.08. The maximum Gasteiger partial charge on any atom is 0.328 e. The van der Waals surface area contributed by atoms with Crippen molar-refractivity contribution < 1.29 is 9.90 Å². The van der Waals surface area contributed by atoms with Gasteiger partial charge >= 0.3 is 5.97 Å². The topological polar surface area (TPSA) is 107 Å². The van der Waals surface area contributed by atoms with Crippen molar-refractivity contribution in [2.24, 2.45) is 0 Å². The van der Waals surface area contributed by atoms with Crippen molar-refractivity contribution in [3.05, 3.63) is 24.3 Å². The van der Waals surface area contributed by atoms with Crippen LogP contribution in [-0.2, 0) is 4.79 Å². The standard InChI is InChI=1S/C12H15N5O2S/c1-20-7-6-10(12(18)19)17-11(14-15-16-17)8-2-4-9(13)5-3-8/h2-5,10H,6-7,13H2,1H3,(H,18,19). The van der Waals surface area contributed by atoms with Crippen molar-refractivity contribution >= 4 is 23.4 Å². The van der Waals surface area contributed by atoms with E-state index in [1.54, 1.807) is 36.0 Å². The molecule has 3 N–H and O–H groups in total. The molecule has 0 amide bonds. The number of benzene rings is 1. The van der Waals surface area contributed by atoms with Crippen molar-refractivity contribution in [1.82, 2.24) is 20.2 Å². The average Bonchev–Trinajstić information content (AvgIpc) is 2.89. The lowest BCUT2D eigenvalue weighted by Crippen LogP contribution is -2.22. The molecule has 0 saturated carbocycles. The van der Waals surface area contributed by atoms with Gasteiger partial charge in [0.1, 0.15) is 0 Å². The quantitative estimate of drug-likeness (QED) is 0.773. The van der Waals surface area contributed by atoms with Crippen LogP contribution in [0.4, 0.5) is 5.69 Å². The molecular formula is C12H15N5O2S. The lowest BCUT2D eigenvalue weighted by Gasteiger charge is -2.13. The summed E-state index contributed by atoms with van der Waals surface area (Å²) in [6.45, 7) is 0. The van der Waals surface area contributed by atoms with Gasteiger partial charge in [-0.15, -0.1) is 5.10 Å². The minimum absolute atomic E-state index is 0.429. The lowest BCUT2D eigenvalue weighted by atomic mass is 10.1. The number of thioether (sulfide) groups is 1. The number of carboxylic acids is 1. The molecule has 0 saturated heterocycles. The second-order valence-corrected chi connectivity index (χ2v) is 5.19. The zero-order chi connectivity index (χ0) is 14.5. The highest BCUT2D eigenvalue weighted by molar-refractivity contribution is 7.98. The summed E-state index contributed by atoms with van der Waals surface area (Å²) in [5.74, 6) is 0.208. The minimum atomic E-state index is -0.942. The summed E-state index contributed by atoms with van der Waals surface area (Å²) >= 11 is 1.59. The molecule has 0 radical (unpaired) electrons. The molecule has 0 fully saturated rings. The van der Waals surface area contributed by atoms with Crippen LogP contribution < -0.4 is 5.73 Å². The molecule has 8 heteroatoms. The van der Waals surface area contributed by atoms with Crippen LogP contribution in [0.2, 0.25) is 0 Å². The van der Waals surface area contributed by atoms with Crippen LogP contribution in [0.25, 0.3) is 11.4 Å². The summed E-state index contributed by atoms with van der Waals surface area (Å²) in [6.07, 6.45) is 2.39. The number of hydrogen-bond donors (Lipinski definition) is 2. The van der Waals surface area contributed by atoms with Crippen molar-refractivity contribution in [2.75, 3.05) is 17.7 Å². The summed E-state index contributed by atoms with van der Waals surface area (Å²) in [5, 5.41) is 20.7. The minimum Gasteiger partial charge on any atom is -0.480 e. The van der Waals surface area contributed by atoms with Crippen molar-refractivity contribution in [3.63, 3.8) is 0 Å². The molecule has 1 aromatic heterocycles. The molecule has 1 aromatic carbocycles. The van der Waals surface area contributed by atoms with Gasteiger partial charge in [0.15, 0.2) is 11.9 Å². The fourth-order valence-corrected chi connectivity index (χ4v) is 2.26. The fourth-order valence-electron chi connectivity index (χ4n) is 1.81. The highest BCUT2D eigenvalue weighted by Gasteiger charge is 2.24. The van der Waals surface area contributed by atoms with Crippen LogP contribution in [0, 0.1) is 0 Å². The molecule has 106 valence electrons. The molecule has 20 heavy (non-hydrogen) atoms. The summed E-state index contributed by atoms with van der Waals surface area (Å²) in [5.41, 5.74) is 7.00. The van der Waals surface area contributed by atoms with Gasteiger partial charge in [-0.05, 0) is 53.1 Å². The maximum atomic E-state index is 11.4. The SMILES string of the molecule is CSCCC(C(=O)O)n1nnnc1-c1ccc(N)cc1. The Balaban J connectivity index is 2.35. The van der Waals surface area contributed by atoms with E-state index in [1.165, 1.54) is 4.68 Å². The predicted octanol–water partition coefficient (Wildman–Crippen LogP) is 1.30. The normalized spacial score (nSPS) is 12.2. The Bertz CT molecular complexity index is 584. The van der Waals surface area contributed by atoms with E-state index in [1.807, 2.05) is 6.26 Å². The van der Waals surface area contributed by atoms with Crippen LogP contribution in [0.15, 0.2) is 24.3 Å². The number of rotatable bonds is 6. The Hall–Kier alpha value is -2.09. The van der Waals surface area contributed by atoms with E-state index < -0.39 is 12.0 Å². The van der Waals surface area contributed by atoms with Crippen LogP contribution >= 0.6 is 11.8 Å². The predicted molar refractivity (Wildman–Crippen MR) is 77.3 cm³/mol. The van der Waals surface area contributed by atoms with Crippen LogP contribution in [-0.4, -0.2) is 43.3 Å². The summed E-state index contributed by atoms with van der Waals surface area (Å²) in [7, 11) is 0. The number of carbonyl (C=O) groups is 1. The number of aromatic nitrogens is 4. The summed E-state index contributed by atoms with van der Waals surface area (Å²) < 4.78 is 1.35. The first-order valence-electron chi connectivity index (χ1n) is 5.99. The highest BCUT2D eigenvalue weighted by Crippen LogP contribution is 2.22. The number of anilines is 1. The number of nitrogens with two attached hydrogens (primary N) is 1.